The molecule has 0 aliphatic heterocycles. The molecule has 56 valence electrons. The summed E-state index contributed by atoms with van der Waals surface area (Å²) >= 11 is 0. The fourth-order valence-corrected chi connectivity index (χ4v) is 0.945. The average Bonchev–Trinajstić information content (AvgIpc) is 2.45. The van der Waals surface area contributed by atoms with Crippen LogP contribution in [-0.4, -0.2) is 9.55 Å². The minimum atomic E-state index is -0.0799. The quantitative estimate of drug-likeness (QED) is 0.550. The van der Waals surface area contributed by atoms with E-state index in [0.717, 1.165) is 0 Å². The number of aromatic nitrogens is 2. The molecule has 0 bridgehead atoms. The molecule has 0 saturated heterocycles. The molecule has 2 aromatic rings. The first-order chi connectivity index (χ1) is 5.29. The highest BCUT2D eigenvalue weighted by atomic mass is 16.3. The second-order valence-electron chi connectivity index (χ2n) is 2.30. The Balaban J connectivity index is 3.05. The van der Waals surface area contributed by atoms with E-state index in [1.165, 1.54) is 17.2 Å². The van der Waals surface area contributed by atoms with Gasteiger partial charge in [0.05, 0.1) is 6.26 Å². The second kappa shape index (κ2) is 1.95. The van der Waals surface area contributed by atoms with Gasteiger partial charge < -0.3 is 8.98 Å². The number of aryl methyl sites for hydroxylation is 1. The maximum Gasteiger partial charge on any atom is 0.264 e. The summed E-state index contributed by atoms with van der Waals surface area (Å²) in [5, 5.41) is 0.523. The molecule has 0 aromatic carbocycles. The van der Waals surface area contributed by atoms with Gasteiger partial charge in [-0.3, -0.25) is 4.79 Å². The van der Waals surface area contributed by atoms with E-state index in [1.807, 2.05) is 0 Å². The van der Waals surface area contributed by atoms with Gasteiger partial charge in [0, 0.05) is 7.05 Å². The summed E-state index contributed by atoms with van der Waals surface area (Å²) in [7, 11) is 1.65. The SMILES string of the molecule is Cn1cnc2occc2c1=O. The fourth-order valence-electron chi connectivity index (χ4n) is 0.945. The van der Waals surface area contributed by atoms with Crippen molar-refractivity contribution < 1.29 is 4.42 Å². The molecular formula is C7H6N2O2. The molecule has 4 nitrogen and oxygen atoms in total. The van der Waals surface area contributed by atoms with Gasteiger partial charge in [0.25, 0.3) is 5.56 Å². The van der Waals surface area contributed by atoms with Crippen LogP contribution >= 0.6 is 0 Å². The summed E-state index contributed by atoms with van der Waals surface area (Å²) in [5.41, 5.74) is 0.317. The predicted molar refractivity (Wildman–Crippen MR) is 39.3 cm³/mol. The summed E-state index contributed by atoms with van der Waals surface area (Å²) in [6, 6.07) is 1.62. The van der Waals surface area contributed by atoms with Crippen molar-refractivity contribution in [3.05, 3.63) is 29.0 Å². The molecule has 0 radical (unpaired) electrons. The minimum absolute atomic E-state index is 0.0799. The largest absolute Gasteiger partial charge is 0.446 e. The zero-order valence-corrected chi connectivity index (χ0v) is 5.94. The zero-order chi connectivity index (χ0) is 7.84. The van der Waals surface area contributed by atoms with Crippen molar-refractivity contribution in [3.8, 4) is 0 Å². The van der Waals surface area contributed by atoms with E-state index < -0.39 is 0 Å². The lowest BCUT2D eigenvalue weighted by atomic mass is 10.4. The van der Waals surface area contributed by atoms with Crippen molar-refractivity contribution in [2.75, 3.05) is 0 Å². The lowest BCUT2D eigenvalue weighted by Crippen LogP contribution is -2.15. The fraction of sp³-hybridized carbons (Fsp3) is 0.143. The van der Waals surface area contributed by atoms with E-state index in [-0.39, 0.29) is 5.56 Å². The number of fused-ring (bicyclic) bond motifs is 1. The van der Waals surface area contributed by atoms with Crippen LogP contribution in [0.25, 0.3) is 11.1 Å². The lowest BCUT2D eigenvalue weighted by molar-refractivity contribution is 0.599. The third-order valence-electron chi connectivity index (χ3n) is 1.54. The van der Waals surface area contributed by atoms with Crippen LogP contribution in [0.2, 0.25) is 0 Å². The average molecular weight is 150 g/mol. The highest BCUT2D eigenvalue weighted by Crippen LogP contribution is 2.05. The van der Waals surface area contributed by atoms with E-state index in [1.54, 1.807) is 13.1 Å². The van der Waals surface area contributed by atoms with Gasteiger partial charge in [-0.25, -0.2) is 4.98 Å². The van der Waals surface area contributed by atoms with Crippen LogP contribution in [0, 0.1) is 0 Å². The summed E-state index contributed by atoms with van der Waals surface area (Å²) < 4.78 is 6.34. The Kier molecular flexibility index (Phi) is 1.09. The van der Waals surface area contributed by atoms with Gasteiger partial charge in [0.1, 0.15) is 11.7 Å². The summed E-state index contributed by atoms with van der Waals surface area (Å²) in [6.45, 7) is 0. The van der Waals surface area contributed by atoms with Gasteiger partial charge in [-0.05, 0) is 6.07 Å². The molecule has 0 unspecified atom stereocenters. The molecule has 0 spiro atoms. The van der Waals surface area contributed by atoms with E-state index in [0.29, 0.717) is 11.1 Å². The van der Waals surface area contributed by atoms with Crippen LogP contribution in [0.3, 0.4) is 0 Å². The normalized spacial score (nSPS) is 10.6. The first-order valence-electron chi connectivity index (χ1n) is 3.18. The van der Waals surface area contributed by atoms with Crippen LogP contribution in [0.1, 0.15) is 0 Å². The maximum absolute atomic E-state index is 11.3. The topological polar surface area (TPSA) is 48.0 Å². The molecule has 0 atom stereocenters. The molecular weight excluding hydrogens is 144 g/mol. The van der Waals surface area contributed by atoms with Crippen LogP contribution in [0.5, 0.6) is 0 Å². The molecule has 2 rings (SSSR count). The predicted octanol–water partition coefficient (Wildman–Crippen LogP) is 0.526. The monoisotopic (exact) mass is 150 g/mol. The highest BCUT2D eigenvalue weighted by Gasteiger charge is 2.02. The summed E-state index contributed by atoms with van der Waals surface area (Å²) in [5.74, 6) is 0. The highest BCUT2D eigenvalue weighted by molar-refractivity contribution is 5.71. The zero-order valence-electron chi connectivity index (χ0n) is 5.94. The first-order valence-corrected chi connectivity index (χ1v) is 3.18. The second-order valence-corrected chi connectivity index (χ2v) is 2.30. The van der Waals surface area contributed by atoms with Gasteiger partial charge in [0.15, 0.2) is 0 Å². The van der Waals surface area contributed by atoms with Crippen LogP contribution in [-0.2, 0) is 7.05 Å². The molecule has 11 heavy (non-hydrogen) atoms. The Morgan fingerprint density at radius 2 is 2.45 bits per heavy atom. The minimum Gasteiger partial charge on any atom is -0.446 e. The van der Waals surface area contributed by atoms with Gasteiger partial charge in [0.2, 0.25) is 5.71 Å². The van der Waals surface area contributed by atoms with Crippen LogP contribution < -0.4 is 5.56 Å². The van der Waals surface area contributed by atoms with E-state index in [9.17, 15) is 4.79 Å². The van der Waals surface area contributed by atoms with Crippen molar-refractivity contribution in [2.45, 2.75) is 0 Å². The van der Waals surface area contributed by atoms with Crippen LogP contribution in [0.4, 0.5) is 0 Å². The van der Waals surface area contributed by atoms with Crippen LogP contribution in [0.15, 0.2) is 27.9 Å². The Labute approximate surface area is 62.1 Å². The van der Waals surface area contributed by atoms with E-state index >= 15 is 0 Å². The Bertz CT molecular complexity index is 441. The molecule has 0 aliphatic rings. The maximum atomic E-state index is 11.3. The number of nitrogens with zero attached hydrogens (tertiary/aromatic N) is 2. The Hall–Kier alpha value is -1.58. The Morgan fingerprint density at radius 1 is 1.64 bits per heavy atom. The molecule has 4 heteroatoms. The molecule has 2 heterocycles. The van der Waals surface area contributed by atoms with Crippen molar-refractivity contribution in [1.82, 2.24) is 9.55 Å². The van der Waals surface area contributed by atoms with E-state index in [2.05, 4.69) is 4.98 Å². The van der Waals surface area contributed by atoms with E-state index in [4.69, 9.17) is 4.42 Å². The lowest BCUT2D eigenvalue weighted by Gasteiger charge is -1.92. The van der Waals surface area contributed by atoms with Crippen molar-refractivity contribution in [1.29, 1.82) is 0 Å². The summed E-state index contributed by atoms with van der Waals surface area (Å²) in [4.78, 5) is 15.2. The number of hydrogen-bond acceptors (Lipinski definition) is 3. The van der Waals surface area contributed by atoms with Crippen molar-refractivity contribution >= 4 is 11.1 Å². The van der Waals surface area contributed by atoms with Gasteiger partial charge >= 0.3 is 0 Å². The third kappa shape index (κ3) is 0.756. The smallest absolute Gasteiger partial charge is 0.264 e. The number of rotatable bonds is 0. The van der Waals surface area contributed by atoms with Gasteiger partial charge in [-0.2, -0.15) is 0 Å². The molecule has 0 aliphatic carbocycles. The number of hydrogen-bond donors (Lipinski definition) is 0. The molecule has 2 aromatic heterocycles. The summed E-state index contributed by atoms with van der Waals surface area (Å²) in [6.07, 6.45) is 2.90. The Morgan fingerprint density at radius 3 is 3.27 bits per heavy atom. The van der Waals surface area contributed by atoms with Crippen molar-refractivity contribution in [2.24, 2.45) is 7.05 Å². The number of furan rings is 1. The molecule has 0 fully saturated rings. The van der Waals surface area contributed by atoms with Gasteiger partial charge in [-0.1, -0.05) is 0 Å². The standard InChI is InChI=1S/C7H6N2O2/c1-9-4-8-6-5(7(9)10)2-3-11-6/h2-4H,1H3. The van der Waals surface area contributed by atoms with Crippen molar-refractivity contribution in [3.63, 3.8) is 0 Å². The first kappa shape index (κ1) is 6.15. The van der Waals surface area contributed by atoms with Gasteiger partial charge in [-0.15, -0.1) is 0 Å². The molecule has 0 saturated carbocycles. The molecule has 0 amide bonds. The molecule has 0 N–H and O–H groups in total. The third-order valence-corrected chi connectivity index (χ3v) is 1.54.